The molecular formula is C10H19F2NO. The number of rotatable bonds is 1. The Bertz CT molecular complexity index is 173. The summed E-state index contributed by atoms with van der Waals surface area (Å²) in [5.41, 5.74) is 0. The molecular weight excluding hydrogens is 188 g/mol. The minimum Gasteiger partial charge on any atom is -0.354 e. The molecule has 1 aliphatic rings. The summed E-state index contributed by atoms with van der Waals surface area (Å²) >= 11 is 0. The molecule has 1 saturated carbocycles. The van der Waals surface area contributed by atoms with Gasteiger partial charge in [-0.2, -0.15) is 0 Å². The van der Waals surface area contributed by atoms with E-state index in [1.807, 2.05) is 13.8 Å². The minimum absolute atomic E-state index is 0.0397. The van der Waals surface area contributed by atoms with Crippen LogP contribution < -0.4 is 5.32 Å². The lowest BCUT2D eigenvalue weighted by Gasteiger charge is -2.28. The average Bonchev–Trinajstić information content (AvgIpc) is 2.12. The molecule has 0 radical (unpaired) electrons. The van der Waals surface area contributed by atoms with Crippen LogP contribution in [0, 0.1) is 0 Å². The number of carbonyl (C=O) groups excluding carboxylic acids is 1. The van der Waals surface area contributed by atoms with E-state index in [2.05, 4.69) is 5.32 Å². The summed E-state index contributed by atoms with van der Waals surface area (Å²) in [6, 6.07) is -0.0397. The van der Waals surface area contributed by atoms with Crippen molar-refractivity contribution in [1.29, 1.82) is 0 Å². The molecule has 1 amide bonds. The minimum atomic E-state index is -2.50. The molecule has 0 aromatic carbocycles. The van der Waals surface area contributed by atoms with Gasteiger partial charge in [0.2, 0.25) is 11.8 Å². The van der Waals surface area contributed by atoms with Crippen molar-refractivity contribution in [2.75, 3.05) is 0 Å². The molecule has 0 heterocycles. The van der Waals surface area contributed by atoms with Gasteiger partial charge in [0.25, 0.3) is 0 Å². The lowest BCUT2D eigenvalue weighted by atomic mass is 9.92. The Morgan fingerprint density at radius 1 is 1.29 bits per heavy atom. The summed E-state index contributed by atoms with van der Waals surface area (Å²) in [6.07, 6.45) is 0.592. The maximum atomic E-state index is 12.6. The van der Waals surface area contributed by atoms with E-state index in [0.717, 1.165) is 0 Å². The van der Waals surface area contributed by atoms with Gasteiger partial charge in [-0.05, 0) is 12.8 Å². The summed E-state index contributed by atoms with van der Waals surface area (Å²) in [6.45, 7) is 5.41. The first-order valence-corrected chi connectivity index (χ1v) is 5.14. The van der Waals surface area contributed by atoms with Gasteiger partial charge in [0, 0.05) is 25.8 Å². The van der Waals surface area contributed by atoms with E-state index in [-0.39, 0.29) is 24.8 Å². The van der Waals surface area contributed by atoms with Gasteiger partial charge in [-0.25, -0.2) is 8.78 Å². The zero-order chi connectivity index (χ0) is 11.2. The predicted octanol–water partition coefficient (Wildman–Crippen LogP) is 2.73. The molecule has 84 valence electrons. The third-order valence-electron chi connectivity index (χ3n) is 2.12. The molecule has 0 unspecified atom stereocenters. The second-order valence-corrected chi connectivity index (χ2v) is 3.33. The lowest BCUT2D eigenvalue weighted by molar-refractivity contribution is -0.120. The quantitative estimate of drug-likeness (QED) is 0.703. The SMILES string of the molecule is CC.CC(=O)NC1CCC(F)(F)CC1. The van der Waals surface area contributed by atoms with E-state index < -0.39 is 5.92 Å². The maximum absolute atomic E-state index is 12.6. The van der Waals surface area contributed by atoms with Crippen LogP contribution in [0.15, 0.2) is 0 Å². The van der Waals surface area contributed by atoms with Crippen molar-refractivity contribution in [3.8, 4) is 0 Å². The molecule has 0 aromatic rings. The van der Waals surface area contributed by atoms with E-state index >= 15 is 0 Å². The zero-order valence-electron chi connectivity index (χ0n) is 9.07. The van der Waals surface area contributed by atoms with Crippen LogP contribution in [0.2, 0.25) is 0 Å². The van der Waals surface area contributed by atoms with Gasteiger partial charge >= 0.3 is 0 Å². The topological polar surface area (TPSA) is 29.1 Å². The molecule has 0 atom stereocenters. The highest BCUT2D eigenvalue weighted by molar-refractivity contribution is 5.73. The van der Waals surface area contributed by atoms with E-state index in [4.69, 9.17) is 0 Å². The zero-order valence-corrected chi connectivity index (χ0v) is 9.07. The van der Waals surface area contributed by atoms with Crippen LogP contribution in [0.1, 0.15) is 46.5 Å². The number of hydrogen-bond acceptors (Lipinski definition) is 1. The molecule has 0 bridgehead atoms. The summed E-state index contributed by atoms with van der Waals surface area (Å²) in [5.74, 6) is -2.64. The van der Waals surface area contributed by atoms with E-state index in [9.17, 15) is 13.6 Å². The Hall–Kier alpha value is -0.670. The van der Waals surface area contributed by atoms with E-state index in [0.29, 0.717) is 12.8 Å². The Kier molecular flexibility index (Phi) is 5.65. The molecule has 0 spiro atoms. The number of hydrogen-bond donors (Lipinski definition) is 1. The second kappa shape index (κ2) is 5.94. The van der Waals surface area contributed by atoms with Crippen LogP contribution in [0.5, 0.6) is 0 Å². The van der Waals surface area contributed by atoms with Crippen molar-refractivity contribution in [3.05, 3.63) is 0 Å². The van der Waals surface area contributed by atoms with E-state index in [1.165, 1.54) is 6.92 Å². The Morgan fingerprint density at radius 2 is 1.71 bits per heavy atom. The van der Waals surface area contributed by atoms with Crippen LogP contribution in [-0.4, -0.2) is 17.9 Å². The van der Waals surface area contributed by atoms with Crippen molar-refractivity contribution in [2.45, 2.75) is 58.4 Å². The lowest BCUT2D eigenvalue weighted by Crippen LogP contribution is -2.39. The molecule has 2 nitrogen and oxygen atoms in total. The van der Waals surface area contributed by atoms with Crippen molar-refractivity contribution >= 4 is 5.91 Å². The van der Waals surface area contributed by atoms with Gasteiger partial charge in [0.05, 0.1) is 0 Å². The predicted molar refractivity (Wildman–Crippen MR) is 52.4 cm³/mol. The third kappa shape index (κ3) is 5.14. The fourth-order valence-electron chi connectivity index (χ4n) is 1.47. The number of halogens is 2. The van der Waals surface area contributed by atoms with Gasteiger partial charge in [-0.15, -0.1) is 0 Å². The standard InChI is InChI=1S/C8H13F2NO.C2H6/c1-6(12)11-7-2-4-8(9,10)5-3-7;1-2/h7H,2-5H2,1H3,(H,11,12);1-2H3. The fourth-order valence-corrected chi connectivity index (χ4v) is 1.47. The van der Waals surface area contributed by atoms with Gasteiger partial charge in [-0.3, -0.25) is 4.79 Å². The van der Waals surface area contributed by atoms with Crippen molar-refractivity contribution in [1.82, 2.24) is 5.32 Å². The van der Waals surface area contributed by atoms with Gasteiger partial charge < -0.3 is 5.32 Å². The van der Waals surface area contributed by atoms with Crippen LogP contribution in [0.25, 0.3) is 0 Å². The highest BCUT2D eigenvalue weighted by Crippen LogP contribution is 2.32. The Morgan fingerprint density at radius 3 is 2.07 bits per heavy atom. The van der Waals surface area contributed by atoms with Crippen LogP contribution in [-0.2, 0) is 4.79 Å². The molecule has 14 heavy (non-hydrogen) atoms. The molecule has 1 rings (SSSR count). The summed E-state index contributed by atoms with van der Waals surface area (Å²) in [5, 5.41) is 2.65. The molecule has 4 heteroatoms. The number of amides is 1. The maximum Gasteiger partial charge on any atom is 0.248 e. The fraction of sp³-hybridized carbons (Fsp3) is 0.900. The monoisotopic (exact) mass is 207 g/mol. The largest absolute Gasteiger partial charge is 0.354 e. The first-order chi connectivity index (χ1) is 6.49. The smallest absolute Gasteiger partial charge is 0.248 e. The summed E-state index contributed by atoms with van der Waals surface area (Å²) < 4.78 is 25.2. The van der Waals surface area contributed by atoms with Crippen molar-refractivity contribution < 1.29 is 13.6 Å². The van der Waals surface area contributed by atoms with Gasteiger partial charge in [-0.1, -0.05) is 13.8 Å². The van der Waals surface area contributed by atoms with Gasteiger partial charge in [0.15, 0.2) is 0 Å². The molecule has 1 fully saturated rings. The van der Waals surface area contributed by atoms with Gasteiger partial charge in [0.1, 0.15) is 0 Å². The molecule has 0 aliphatic heterocycles. The highest BCUT2D eigenvalue weighted by Gasteiger charge is 2.34. The van der Waals surface area contributed by atoms with Crippen LogP contribution in [0.3, 0.4) is 0 Å². The number of nitrogens with one attached hydrogen (secondary N) is 1. The number of alkyl halides is 2. The molecule has 0 aromatic heterocycles. The Labute approximate surface area is 84.1 Å². The van der Waals surface area contributed by atoms with Crippen LogP contribution >= 0.6 is 0 Å². The first kappa shape index (κ1) is 13.3. The normalized spacial score (nSPS) is 20.6. The molecule has 1 aliphatic carbocycles. The Balaban J connectivity index is 0.000000791. The molecule has 1 N–H and O–H groups in total. The average molecular weight is 207 g/mol. The molecule has 0 saturated heterocycles. The van der Waals surface area contributed by atoms with Crippen LogP contribution in [0.4, 0.5) is 8.78 Å². The van der Waals surface area contributed by atoms with Crippen molar-refractivity contribution in [3.63, 3.8) is 0 Å². The van der Waals surface area contributed by atoms with E-state index in [1.54, 1.807) is 0 Å². The first-order valence-electron chi connectivity index (χ1n) is 5.14. The van der Waals surface area contributed by atoms with Crippen molar-refractivity contribution in [2.24, 2.45) is 0 Å². The summed E-state index contributed by atoms with van der Waals surface area (Å²) in [4.78, 5) is 10.6. The second-order valence-electron chi connectivity index (χ2n) is 3.33. The highest BCUT2D eigenvalue weighted by atomic mass is 19.3. The third-order valence-corrected chi connectivity index (χ3v) is 2.12. The number of carbonyl (C=O) groups is 1. The summed E-state index contributed by atoms with van der Waals surface area (Å²) in [7, 11) is 0.